The summed E-state index contributed by atoms with van der Waals surface area (Å²) in [5, 5.41) is 5.16. The highest BCUT2D eigenvalue weighted by Gasteiger charge is 2.28. The first-order valence-electron chi connectivity index (χ1n) is 4.97. The maximum atomic E-state index is 13.0. The van der Waals surface area contributed by atoms with Gasteiger partial charge in [-0.1, -0.05) is 0 Å². The number of carbonyl (C=O) groups excluding carboxylic acids is 1. The van der Waals surface area contributed by atoms with Crippen LogP contribution >= 0.6 is 0 Å². The van der Waals surface area contributed by atoms with Crippen molar-refractivity contribution in [2.24, 2.45) is 0 Å². The highest BCUT2D eigenvalue weighted by Crippen LogP contribution is 2.10. The minimum absolute atomic E-state index is 0.115. The van der Waals surface area contributed by atoms with Crippen LogP contribution in [0.1, 0.15) is 20.3 Å². The van der Waals surface area contributed by atoms with E-state index in [2.05, 4.69) is 10.6 Å². The Kier molecular flexibility index (Phi) is 4.20. The lowest BCUT2D eigenvalue weighted by Crippen LogP contribution is -2.40. The number of hydrogen-bond donors (Lipinski definition) is 2. The van der Waals surface area contributed by atoms with E-state index >= 15 is 0 Å². The van der Waals surface area contributed by atoms with Crippen LogP contribution in [-0.2, 0) is 4.79 Å². The molecule has 5 heteroatoms. The van der Waals surface area contributed by atoms with Gasteiger partial charge >= 0.3 is 0 Å². The van der Waals surface area contributed by atoms with Crippen LogP contribution in [0.25, 0.3) is 0 Å². The van der Waals surface area contributed by atoms with Gasteiger partial charge < -0.3 is 10.6 Å². The molecule has 0 saturated carbocycles. The molecule has 0 aliphatic carbocycles. The smallest absolute Gasteiger partial charge is 0.237 e. The monoisotopic (exact) mass is 218 g/mol. The number of rotatable bonds is 3. The molecule has 0 aromatic heterocycles. The predicted molar refractivity (Wildman–Crippen MR) is 53.8 cm³/mol. The first-order valence-corrected chi connectivity index (χ1v) is 4.97. The molecule has 0 spiro atoms. The zero-order valence-corrected chi connectivity index (χ0v) is 8.94. The van der Waals surface area contributed by atoms with Crippen molar-refractivity contribution in [1.82, 2.24) is 10.6 Å². The summed E-state index contributed by atoms with van der Waals surface area (Å²) in [5.74, 6) is -0.690. The Hall–Kier alpha value is -0.970. The van der Waals surface area contributed by atoms with E-state index in [1.165, 1.54) is 0 Å². The van der Waals surface area contributed by atoms with Crippen molar-refractivity contribution in [3.8, 4) is 0 Å². The molecule has 1 aliphatic rings. The molecule has 15 heavy (non-hydrogen) atoms. The van der Waals surface area contributed by atoms with Crippen LogP contribution in [-0.4, -0.2) is 31.2 Å². The Morgan fingerprint density at radius 2 is 2.20 bits per heavy atom. The van der Waals surface area contributed by atoms with E-state index in [0.717, 1.165) is 0 Å². The van der Waals surface area contributed by atoms with Crippen LogP contribution < -0.4 is 10.6 Å². The summed E-state index contributed by atoms with van der Waals surface area (Å²) < 4.78 is 25.8. The lowest BCUT2D eigenvalue weighted by atomic mass is 10.2. The van der Waals surface area contributed by atoms with E-state index in [-0.39, 0.29) is 31.2 Å². The largest absolute Gasteiger partial charge is 0.348 e. The normalized spacial score (nSPS) is 25.1. The number of amides is 1. The average Bonchev–Trinajstić information content (AvgIpc) is 2.60. The van der Waals surface area contributed by atoms with Gasteiger partial charge in [-0.2, -0.15) is 0 Å². The van der Waals surface area contributed by atoms with Crippen LogP contribution in [0.3, 0.4) is 0 Å². The summed E-state index contributed by atoms with van der Waals surface area (Å²) in [6, 6.07) is -0.523. The van der Waals surface area contributed by atoms with Gasteiger partial charge in [0.25, 0.3) is 0 Å². The zero-order valence-electron chi connectivity index (χ0n) is 8.94. The van der Waals surface area contributed by atoms with Crippen molar-refractivity contribution in [1.29, 1.82) is 0 Å². The molecule has 0 aromatic rings. The molecule has 1 amide bonds. The van der Waals surface area contributed by atoms with Gasteiger partial charge in [-0.05, 0) is 19.4 Å². The summed E-state index contributed by atoms with van der Waals surface area (Å²) in [6.45, 7) is 3.35. The summed E-state index contributed by atoms with van der Waals surface area (Å²) in [7, 11) is 0. The maximum absolute atomic E-state index is 13.0. The molecule has 0 bridgehead atoms. The van der Waals surface area contributed by atoms with Crippen LogP contribution in [0.15, 0.2) is 11.4 Å². The SMILES string of the molecule is CC(C)=C(F)CNC(=O)[C@@H]1C[C@@H](F)CN1. The number of nitrogens with one attached hydrogen (secondary N) is 2. The fraction of sp³-hybridized carbons (Fsp3) is 0.700. The Morgan fingerprint density at radius 1 is 1.53 bits per heavy atom. The lowest BCUT2D eigenvalue weighted by Gasteiger charge is -2.10. The molecule has 1 saturated heterocycles. The predicted octanol–water partition coefficient (Wildman–Crippen LogP) is 1.07. The second kappa shape index (κ2) is 5.21. The molecule has 0 radical (unpaired) electrons. The van der Waals surface area contributed by atoms with E-state index < -0.39 is 12.2 Å². The molecule has 0 aromatic carbocycles. The lowest BCUT2D eigenvalue weighted by molar-refractivity contribution is -0.122. The van der Waals surface area contributed by atoms with Gasteiger partial charge in [-0.15, -0.1) is 0 Å². The van der Waals surface area contributed by atoms with Crippen LogP contribution in [0.4, 0.5) is 8.78 Å². The molecule has 1 aliphatic heterocycles. The zero-order chi connectivity index (χ0) is 11.4. The number of halogens is 2. The van der Waals surface area contributed by atoms with Gasteiger partial charge in [-0.25, -0.2) is 8.78 Å². The van der Waals surface area contributed by atoms with Crippen molar-refractivity contribution < 1.29 is 13.6 Å². The Morgan fingerprint density at radius 3 is 2.67 bits per heavy atom. The first-order chi connectivity index (χ1) is 7.00. The number of allylic oxidation sites excluding steroid dienone is 1. The molecule has 86 valence electrons. The maximum Gasteiger partial charge on any atom is 0.237 e. The summed E-state index contributed by atoms with van der Waals surface area (Å²) in [5.41, 5.74) is 0.540. The van der Waals surface area contributed by atoms with E-state index in [4.69, 9.17) is 0 Å². The topological polar surface area (TPSA) is 41.1 Å². The van der Waals surface area contributed by atoms with Gasteiger partial charge in [0.1, 0.15) is 12.0 Å². The van der Waals surface area contributed by atoms with Crippen LogP contribution in [0.2, 0.25) is 0 Å². The molecule has 1 fully saturated rings. The highest BCUT2D eigenvalue weighted by molar-refractivity contribution is 5.82. The summed E-state index contributed by atoms with van der Waals surface area (Å²) in [4.78, 5) is 11.4. The van der Waals surface area contributed by atoms with Crippen molar-refractivity contribution >= 4 is 5.91 Å². The third kappa shape index (κ3) is 3.58. The van der Waals surface area contributed by atoms with E-state index in [9.17, 15) is 13.6 Å². The molecule has 2 atom stereocenters. The third-order valence-electron chi connectivity index (χ3n) is 2.35. The van der Waals surface area contributed by atoms with Gasteiger partial charge in [0.2, 0.25) is 5.91 Å². The first kappa shape index (κ1) is 12.1. The quantitative estimate of drug-likeness (QED) is 0.744. The fourth-order valence-electron chi connectivity index (χ4n) is 1.36. The summed E-state index contributed by atoms with van der Waals surface area (Å²) >= 11 is 0. The van der Waals surface area contributed by atoms with Crippen molar-refractivity contribution in [2.75, 3.05) is 13.1 Å². The second-order valence-electron chi connectivity index (χ2n) is 3.92. The second-order valence-corrected chi connectivity index (χ2v) is 3.92. The van der Waals surface area contributed by atoms with E-state index in [1.807, 2.05) is 0 Å². The Balaban J connectivity index is 2.34. The molecule has 1 heterocycles. The Labute approximate surface area is 87.9 Å². The highest BCUT2D eigenvalue weighted by atomic mass is 19.1. The molecular weight excluding hydrogens is 202 g/mol. The van der Waals surface area contributed by atoms with Gasteiger partial charge in [0.15, 0.2) is 0 Å². The molecule has 0 unspecified atom stereocenters. The van der Waals surface area contributed by atoms with Gasteiger partial charge in [0, 0.05) is 13.0 Å². The standard InChI is InChI=1S/C10H16F2N2O/c1-6(2)8(12)5-14-10(15)9-3-7(11)4-13-9/h7,9,13H,3-5H2,1-2H3,(H,14,15)/t7-,9+/m1/s1. The minimum Gasteiger partial charge on any atom is -0.348 e. The van der Waals surface area contributed by atoms with Crippen molar-refractivity contribution in [2.45, 2.75) is 32.5 Å². The van der Waals surface area contributed by atoms with Crippen LogP contribution in [0, 0.1) is 0 Å². The average molecular weight is 218 g/mol. The fourth-order valence-corrected chi connectivity index (χ4v) is 1.36. The number of carbonyl (C=O) groups is 1. The Bertz CT molecular complexity index is 275. The van der Waals surface area contributed by atoms with Gasteiger partial charge in [0.05, 0.1) is 12.6 Å². The van der Waals surface area contributed by atoms with E-state index in [1.54, 1.807) is 13.8 Å². The minimum atomic E-state index is -0.978. The van der Waals surface area contributed by atoms with Crippen LogP contribution in [0.5, 0.6) is 0 Å². The molecule has 1 rings (SSSR count). The third-order valence-corrected chi connectivity index (χ3v) is 2.35. The summed E-state index contributed by atoms with van der Waals surface area (Å²) in [6.07, 6.45) is -0.809. The van der Waals surface area contributed by atoms with Gasteiger partial charge in [-0.3, -0.25) is 4.79 Å². The molecular formula is C10H16F2N2O. The number of hydrogen-bond acceptors (Lipinski definition) is 2. The number of alkyl halides is 1. The molecule has 3 nitrogen and oxygen atoms in total. The van der Waals surface area contributed by atoms with Crippen molar-refractivity contribution in [3.05, 3.63) is 11.4 Å². The molecule has 2 N–H and O–H groups in total. The van der Waals surface area contributed by atoms with E-state index in [0.29, 0.717) is 5.57 Å². The van der Waals surface area contributed by atoms with Crippen molar-refractivity contribution in [3.63, 3.8) is 0 Å².